The first-order valence-electron chi connectivity index (χ1n) is 5.46. The fourth-order valence-corrected chi connectivity index (χ4v) is 1.34. The van der Waals surface area contributed by atoms with E-state index in [-0.39, 0.29) is 24.0 Å². The van der Waals surface area contributed by atoms with E-state index < -0.39 is 0 Å². The Morgan fingerprint density at radius 3 is 2.67 bits per heavy atom. The van der Waals surface area contributed by atoms with E-state index in [9.17, 15) is 0 Å². The monoisotopic (exact) mass is 361 g/mol. The van der Waals surface area contributed by atoms with Gasteiger partial charge in [0.2, 0.25) is 0 Å². The van der Waals surface area contributed by atoms with Crippen LogP contribution in [0.2, 0.25) is 0 Å². The van der Waals surface area contributed by atoms with Crippen LogP contribution in [0.5, 0.6) is 0 Å². The molecule has 0 amide bonds. The van der Waals surface area contributed by atoms with Crippen LogP contribution >= 0.6 is 24.0 Å². The minimum absolute atomic E-state index is 0. The molecule has 0 radical (unpaired) electrons. The number of hydrogen-bond acceptors (Lipinski definition) is 3. The smallest absolute Gasteiger partial charge is 0.189 e. The first kappa shape index (κ1) is 16.8. The van der Waals surface area contributed by atoms with Crippen LogP contribution in [-0.4, -0.2) is 22.5 Å². The summed E-state index contributed by atoms with van der Waals surface area (Å²) < 4.78 is 0. The number of aromatic nitrogens is 2. The molecule has 0 unspecified atom stereocenters. The van der Waals surface area contributed by atoms with Crippen LogP contribution in [0.3, 0.4) is 0 Å². The van der Waals surface area contributed by atoms with E-state index in [0.717, 1.165) is 22.8 Å². The van der Waals surface area contributed by atoms with Crippen molar-refractivity contribution in [3.05, 3.63) is 35.4 Å². The number of rotatable bonds is 4. The first-order chi connectivity index (χ1) is 7.97. The highest BCUT2D eigenvalue weighted by Crippen LogP contribution is 2.01. The summed E-state index contributed by atoms with van der Waals surface area (Å²) in [6.07, 6.45) is 0. The molecule has 5 nitrogen and oxygen atoms in total. The van der Waals surface area contributed by atoms with E-state index in [0.29, 0.717) is 19.0 Å². The van der Waals surface area contributed by atoms with Crippen LogP contribution in [0.1, 0.15) is 24.1 Å². The highest BCUT2D eigenvalue weighted by Gasteiger charge is 1.98. The molecule has 1 heterocycles. The van der Waals surface area contributed by atoms with Gasteiger partial charge in [-0.2, -0.15) is 0 Å². The highest BCUT2D eigenvalue weighted by atomic mass is 127. The zero-order valence-electron chi connectivity index (χ0n) is 11.0. The Morgan fingerprint density at radius 2 is 2.11 bits per heavy atom. The van der Waals surface area contributed by atoms with Crippen molar-refractivity contribution in [1.29, 1.82) is 0 Å². The van der Waals surface area contributed by atoms with Gasteiger partial charge in [-0.05, 0) is 26.8 Å². The Kier molecular flexibility index (Phi) is 7.49. The normalized spacial score (nSPS) is 10.7. The zero-order valence-corrected chi connectivity index (χ0v) is 13.4. The quantitative estimate of drug-likeness (QED) is 0.370. The molecule has 0 aromatic carbocycles. The molecule has 0 saturated heterocycles. The van der Waals surface area contributed by atoms with Crippen LogP contribution in [0.4, 0.5) is 0 Å². The van der Waals surface area contributed by atoms with Gasteiger partial charge < -0.3 is 11.1 Å². The number of halogens is 1. The fraction of sp³-hybridized carbons (Fsp3) is 0.417. The second-order valence-electron chi connectivity index (χ2n) is 4.06. The van der Waals surface area contributed by atoms with Crippen molar-refractivity contribution < 1.29 is 0 Å². The molecular formula is C12H20IN5. The van der Waals surface area contributed by atoms with Crippen LogP contribution in [0.15, 0.2) is 23.2 Å². The fourth-order valence-electron chi connectivity index (χ4n) is 1.34. The summed E-state index contributed by atoms with van der Waals surface area (Å²) in [5.41, 5.74) is 8.52. The SMILES string of the molecule is C=C(C)CNC(N)=NCc1cc(C)nc(C)n1.I. The van der Waals surface area contributed by atoms with Gasteiger partial charge in [0.05, 0.1) is 12.2 Å². The Morgan fingerprint density at radius 1 is 1.44 bits per heavy atom. The third-order valence-electron chi connectivity index (χ3n) is 2.00. The Bertz CT molecular complexity index is 422. The van der Waals surface area contributed by atoms with E-state index in [2.05, 4.69) is 26.9 Å². The van der Waals surface area contributed by atoms with Gasteiger partial charge in [-0.1, -0.05) is 12.2 Å². The van der Waals surface area contributed by atoms with E-state index >= 15 is 0 Å². The van der Waals surface area contributed by atoms with Gasteiger partial charge in [0.1, 0.15) is 5.82 Å². The average molecular weight is 361 g/mol. The number of nitrogens with two attached hydrogens (primary N) is 1. The third kappa shape index (κ3) is 6.53. The van der Waals surface area contributed by atoms with Crippen molar-refractivity contribution in [2.45, 2.75) is 27.3 Å². The summed E-state index contributed by atoms with van der Waals surface area (Å²) in [6, 6.07) is 1.91. The second kappa shape index (κ2) is 8.02. The summed E-state index contributed by atoms with van der Waals surface area (Å²) in [7, 11) is 0. The molecular weight excluding hydrogens is 341 g/mol. The van der Waals surface area contributed by atoms with Gasteiger partial charge in [-0.15, -0.1) is 24.0 Å². The minimum atomic E-state index is 0. The highest BCUT2D eigenvalue weighted by molar-refractivity contribution is 14.0. The maximum atomic E-state index is 5.70. The van der Waals surface area contributed by atoms with Gasteiger partial charge in [0.15, 0.2) is 5.96 Å². The molecule has 3 N–H and O–H groups in total. The van der Waals surface area contributed by atoms with Crippen LogP contribution in [0, 0.1) is 13.8 Å². The molecule has 0 aliphatic heterocycles. The summed E-state index contributed by atoms with van der Waals surface area (Å²) >= 11 is 0. The van der Waals surface area contributed by atoms with Crippen molar-refractivity contribution in [2.24, 2.45) is 10.7 Å². The van der Waals surface area contributed by atoms with Crippen LogP contribution in [0.25, 0.3) is 0 Å². The number of aryl methyl sites for hydroxylation is 2. The van der Waals surface area contributed by atoms with Crippen LogP contribution < -0.4 is 11.1 Å². The number of hydrogen-bond donors (Lipinski definition) is 2. The number of nitrogens with zero attached hydrogens (tertiary/aromatic N) is 3. The predicted octanol–water partition coefficient (Wildman–Crippen LogP) is 1.69. The molecule has 0 aliphatic rings. The van der Waals surface area contributed by atoms with E-state index in [1.807, 2.05) is 26.8 Å². The van der Waals surface area contributed by atoms with Crippen LogP contribution in [-0.2, 0) is 6.54 Å². The maximum absolute atomic E-state index is 5.70. The summed E-state index contributed by atoms with van der Waals surface area (Å²) in [5, 5.41) is 2.97. The van der Waals surface area contributed by atoms with Gasteiger partial charge in [0.25, 0.3) is 0 Å². The van der Waals surface area contributed by atoms with Crippen molar-refractivity contribution >= 4 is 29.9 Å². The summed E-state index contributed by atoms with van der Waals surface area (Å²) in [5.74, 6) is 1.16. The Hall–Kier alpha value is -1.18. The van der Waals surface area contributed by atoms with E-state index in [4.69, 9.17) is 5.73 Å². The van der Waals surface area contributed by atoms with E-state index in [1.54, 1.807) is 0 Å². The maximum Gasteiger partial charge on any atom is 0.189 e. The van der Waals surface area contributed by atoms with Crippen molar-refractivity contribution in [3.63, 3.8) is 0 Å². The average Bonchev–Trinajstić information content (AvgIpc) is 2.22. The largest absolute Gasteiger partial charge is 0.370 e. The van der Waals surface area contributed by atoms with Gasteiger partial charge in [-0.3, -0.25) is 0 Å². The topological polar surface area (TPSA) is 76.2 Å². The Labute approximate surface area is 125 Å². The molecule has 0 saturated carbocycles. The molecule has 1 aromatic heterocycles. The van der Waals surface area contributed by atoms with Crippen molar-refractivity contribution in [2.75, 3.05) is 6.54 Å². The lowest BCUT2D eigenvalue weighted by molar-refractivity contribution is 0.886. The molecule has 0 bridgehead atoms. The molecule has 0 fully saturated rings. The molecule has 0 spiro atoms. The second-order valence-corrected chi connectivity index (χ2v) is 4.06. The summed E-state index contributed by atoms with van der Waals surface area (Å²) in [4.78, 5) is 12.7. The lowest BCUT2D eigenvalue weighted by atomic mass is 10.3. The first-order valence-corrected chi connectivity index (χ1v) is 5.46. The molecule has 6 heteroatoms. The molecule has 1 aromatic rings. The lowest BCUT2D eigenvalue weighted by Gasteiger charge is -2.05. The minimum Gasteiger partial charge on any atom is -0.370 e. The summed E-state index contributed by atoms with van der Waals surface area (Å²) in [6.45, 7) is 10.6. The zero-order chi connectivity index (χ0) is 12.8. The van der Waals surface area contributed by atoms with Gasteiger partial charge in [0, 0.05) is 12.2 Å². The van der Waals surface area contributed by atoms with Crippen molar-refractivity contribution in [3.8, 4) is 0 Å². The molecule has 1 rings (SSSR count). The number of aliphatic imine (C=N–C) groups is 1. The van der Waals surface area contributed by atoms with Gasteiger partial charge in [-0.25, -0.2) is 15.0 Å². The molecule has 0 atom stereocenters. The Balaban J connectivity index is 0.00000289. The standard InChI is InChI=1S/C12H19N5.HI/c1-8(2)6-14-12(13)15-7-11-5-9(3)16-10(4)17-11;/h5H,1,6-7H2,2-4H3,(H3,13,14,15);1H. The molecule has 0 aliphatic carbocycles. The third-order valence-corrected chi connectivity index (χ3v) is 2.00. The molecule has 18 heavy (non-hydrogen) atoms. The van der Waals surface area contributed by atoms with Gasteiger partial charge >= 0.3 is 0 Å². The number of guanidine groups is 1. The van der Waals surface area contributed by atoms with Crippen molar-refractivity contribution in [1.82, 2.24) is 15.3 Å². The predicted molar refractivity (Wildman–Crippen MR) is 85.1 cm³/mol. The number of nitrogens with one attached hydrogen (secondary N) is 1. The lowest BCUT2D eigenvalue weighted by Crippen LogP contribution is -2.32. The van der Waals surface area contributed by atoms with E-state index in [1.165, 1.54) is 0 Å². The molecule has 100 valence electrons.